The summed E-state index contributed by atoms with van der Waals surface area (Å²) in [6.45, 7) is 7.86. The van der Waals surface area contributed by atoms with Crippen LogP contribution in [0.1, 0.15) is 45.2 Å². The molecule has 0 saturated carbocycles. The van der Waals surface area contributed by atoms with E-state index in [1.54, 1.807) is 31.2 Å². The summed E-state index contributed by atoms with van der Waals surface area (Å²) in [7, 11) is -1.79. The zero-order valence-corrected chi connectivity index (χ0v) is 28.4. The molecule has 3 rings (SSSR count). The fourth-order valence-electron chi connectivity index (χ4n) is 4.74. The van der Waals surface area contributed by atoms with Gasteiger partial charge >= 0.3 is 0 Å². The van der Waals surface area contributed by atoms with E-state index >= 15 is 0 Å². The average Bonchev–Trinajstić information content (AvgIpc) is 2.98. The van der Waals surface area contributed by atoms with Gasteiger partial charge in [-0.1, -0.05) is 36.7 Å². The minimum atomic E-state index is -4.64. The van der Waals surface area contributed by atoms with Gasteiger partial charge < -0.3 is 19.7 Å². The maximum absolute atomic E-state index is 14.3. The SMILES string of the molecule is CC[C@@H](C(=O)NC(C)(C)C)N(Cc1ccc(OC)cc1)C(=O)CN(c1cc(Cl)ccc1OC)S(=O)(=O)c1ccc(C)c([N+](=O)[O-])c1. The molecule has 46 heavy (non-hydrogen) atoms. The van der Waals surface area contributed by atoms with Crippen LogP contribution in [0, 0.1) is 17.0 Å². The first-order valence-corrected chi connectivity index (χ1v) is 16.2. The molecule has 248 valence electrons. The molecule has 0 saturated heterocycles. The number of ether oxygens (including phenoxy) is 2. The second-order valence-electron chi connectivity index (χ2n) is 11.6. The number of nitrogens with one attached hydrogen (secondary N) is 1. The molecule has 3 aromatic carbocycles. The molecule has 0 spiro atoms. The number of nitro benzene ring substituents is 1. The predicted octanol–water partition coefficient (Wildman–Crippen LogP) is 5.49. The molecule has 0 aliphatic rings. The fourth-order valence-corrected chi connectivity index (χ4v) is 6.35. The van der Waals surface area contributed by atoms with Crippen molar-refractivity contribution in [2.75, 3.05) is 25.1 Å². The number of nitrogens with zero attached hydrogens (tertiary/aromatic N) is 3. The number of benzene rings is 3. The third-order valence-electron chi connectivity index (χ3n) is 7.05. The minimum Gasteiger partial charge on any atom is -0.497 e. The van der Waals surface area contributed by atoms with Crippen molar-refractivity contribution in [1.29, 1.82) is 0 Å². The van der Waals surface area contributed by atoms with E-state index in [0.29, 0.717) is 11.3 Å². The molecular weight excluding hydrogens is 636 g/mol. The lowest BCUT2D eigenvalue weighted by atomic mass is 10.1. The van der Waals surface area contributed by atoms with Gasteiger partial charge in [0.2, 0.25) is 11.8 Å². The molecular formula is C32H39ClN4O8S. The second-order valence-corrected chi connectivity index (χ2v) is 13.9. The number of carbonyl (C=O) groups excluding carboxylic acids is 2. The van der Waals surface area contributed by atoms with Gasteiger partial charge in [0, 0.05) is 28.7 Å². The summed E-state index contributed by atoms with van der Waals surface area (Å²) in [4.78, 5) is 39.8. The fraction of sp³-hybridized carbons (Fsp3) is 0.375. The van der Waals surface area contributed by atoms with Gasteiger partial charge in [0.15, 0.2) is 0 Å². The van der Waals surface area contributed by atoms with E-state index in [4.69, 9.17) is 21.1 Å². The Labute approximate surface area is 274 Å². The Balaban J connectivity index is 2.19. The van der Waals surface area contributed by atoms with Gasteiger partial charge in [-0.2, -0.15) is 0 Å². The largest absolute Gasteiger partial charge is 0.497 e. The van der Waals surface area contributed by atoms with E-state index in [-0.39, 0.29) is 35.0 Å². The molecule has 0 unspecified atom stereocenters. The summed E-state index contributed by atoms with van der Waals surface area (Å²) in [6, 6.07) is 13.7. The highest BCUT2D eigenvalue weighted by Crippen LogP contribution is 2.36. The lowest BCUT2D eigenvalue weighted by molar-refractivity contribution is -0.385. The zero-order chi connectivity index (χ0) is 34.4. The molecule has 1 N–H and O–H groups in total. The van der Waals surface area contributed by atoms with Crippen molar-refractivity contribution in [3.63, 3.8) is 0 Å². The van der Waals surface area contributed by atoms with Crippen LogP contribution in [0.25, 0.3) is 0 Å². The molecule has 0 aliphatic heterocycles. The summed E-state index contributed by atoms with van der Waals surface area (Å²) in [5, 5.41) is 14.8. The highest BCUT2D eigenvalue weighted by Gasteiger charge is 2.36. The van der Waals surface area contributed by atoms with Gasteiger partial charge in [-0.3, -0.25) is 24.0 Å². The van der Waals surface area contributed by atoms with E-state index in [2.05, 4.69) is 5.32 Å². The predicted molar refractivity (Wildman–Crippen MR) is 176 cm³/mol. The molecule has 0 heterocycles. The van der Waals surface area contributed by atoms with Crippen molar-refractivity contribution < 1.29 is 32.4 Å². The van der Waals surface area contributed by atoms with Gasteiger partial charge in [-0.15, -0.1) is 0 Å². The van der Waals surface area contributed by atoms with Gasteiger partial charge in [-0.05, 0) is 76.1 Å². The van der Waals surface area contributed by atoms with Crippen molar-refractivity contribution in [1.82, 2.24) is 10.2 Å². The molecule has 3 aromatic rings. The van der Waals surface area contributed by atoms with Crippen LogP contribution < -0.4 is 19.1 Å². The molecule has 0 fully saturated rings. The summed E-state index contributed by atoms with van der Waals surface area (Å²) in [5.74, 6) is -0.446. The minimum absolute atomic E-state index is 0.0323. The smallest absolute Gasteiger partial charge is 0.273 e. The van der Waals surface area contributed by atoms with E-state index < -0.39 is 55.5 Å². The normalized spacial score (nSPS) is 12.2. The number of nitro groups is 1. The molecule has 0 bridgehead atoms. The van der Waals surface area contributed by atoms with Crippen molar-refractivity contribution in [3.05, 3.63) is 86.9 Å². The Hall–Kier alpha value is -4.36. The Bertz CT molecular complexity index is 1690. The number of methoxy groups -OCH3 is 2. The van der Waals surface area contributed by atoms with Crippen LogP contribution >= 0.6 is 11.6 Å². The maximum Gasteiger partial charge on any atom is 0.273 e. The van der Waals surface area contributed by atoms with Crippen LogP contribution in [0.5, 0.6) is 11.5 Å². The monoisotopic (exact) mass is 674 g/mol. The van der Waals surface area contributed by atoms with E-state index in [9.17, 15) is 28.1 Å². The Kier molecular flexibility index (Phi) is 11.6. The lowest BCUT2D eigenvalue weighted by Gasteiger charge is -2.35. The number of aryl methyl sites for hydroxylation is 1. The van der Waals surface area contributed by atoms with Gasteiger partial charge in [0.1, 0.15) is 24.1 Å². The number of hydrogen-bond donors (Lipinski definition) is 1. The summed E-state index contributed by atoms with van der Waals surface area (Å²) in [5.41, 5.74) is -0.156. The Morgan fingerprint density at radius 3 is 2.22 bits per heavy atom. The third kappa shape index (κ3) is 8.67. The number of sulfonamides is 1. The number of carbonyl (C=O) groups is 2. The van der Waals surface area contributed by atoms with Crippen LogP contribution in [0.4, 0.5) is 11.4 Å². The number of anilines is 1. The van der Waals surface area contributed by atoms with Gasteiger partial charge in [0.05, 0.1) is 29.7 Å². The summed E-state index contributed by atoms with van der Waals surface area (Å²) >= 11 is 6.28. The number of amides is 2. The Morgan fingerprint density at radius 2 is 1.67 bits per heavy atom. The van der Waals surface area contributed by atoms with Crippen molar-refractivity contribution in [2.45, 2.75) is 64.1 Å². The number of rotatable bonds is 13. The van der Waals surface area contributed by atoms with Crippen LogP contribution in [-0.4, -0.2) is 62.4 Å². The first-order chi connectivity index (χ1) is 21.5. The molecule has 0 aliphatic carbocycles. The zero-order valence-electron chi connectivity index (χ0n) is 26.9. The average molecular weight is 675 g/mol. The van der Waals surface area contributed by atoms with Crippen molar-refractivity contribution in [3.8, 4) is 11.5 Å². The van der Waals surface area contributed by atoms with Gasteiger partial charge in [0.25, 0.3) is 15.7 Å². The molecule has 0 aromatic heterocycles. The van der Waals surface area contributed by atoms with Crippen LogP contribution in [0.3, 0.4) is 0 Å². The van der Waals surface area contributed by atoms with Crippen LogP contribution in [0.15, 0.2) is 65.6 Å². The van der Waals surface area contributed by atoms with Crippen LogP contribution in [0.2, 0.25) is 5.02 Å². The Morgan fingerprint density at radius 1 is 1.02 bits per heavy atom. The molecule has 12 nitrogen and oxygen atoms in total. The third-order valence-corrected chi connectivity index (χ3v) is 9.04. The molecule has 2 amide bonds. The topological polar surface area (TPSA) is 148 Å². The van der Waals surface area contributed by atoms with Crippen LogP contribution in [-0.2, 0) is 26.2 Å². The van der Waals surface area contributed by atoms with Gasteiger partial charge in [-0.25, -0.2) is 8.42 Å². The maximum atomic E-state index is 14.3. The van der Waals surface area contributed by atoms with Crippen molar-refractivity contribution >= 4 is 44.8 Å². The lowest BCUT2D eigenvalue weighted by Crippen LogP contribution is -2.55. The molecule has 14 heteroatoms. The standard InChI is InChI=1S/C32H39ClN4O8S/c1-8-26(31(39)34-32(3,4)5)35(19-22-10-13-24(44-6)14-11-22)30(38)20-36(28-17-23(33)12-16-29(28)45-7)46(42,43)25-15-9-21(2)27(18-25)37(40)41/h9-18,26H,8,19-20H2,1-7H3,(H,34,39)/t26-/m0/s1. The molecule has 0 radical (unpaired) electrons. The first-order valence-electron chi connectivity index (χ1n) is 14.4. The second kappa shape index (κ2) is 14.8. The number of halogens is 1. The summed E-state index contributed by atoms with van der Waals surface area (Å²) < 4.78 is 40.1. The first kappa shape index (κ1) is 36.1. The highest BCUT2D eigenvalue weighted by molar-refractivity contribution is 7.92. The quantitative estimate of drug-likeness (QED) is 0.185. The highest BCUT2D eigenvalue weighted by atomic mass is 35.5. The van der Waals surface area contributed by atoms with E-state index in [1.807, 2.05) is 20.8 Å². The summed E-state index contributed by atoms with van der Waals surface area (Å²) in [6.07, 6.45) is 0.223. The number of hydrogen-bond acceptors (Lipinski definition) is 8. The molecule has 1 atom stereocenters. The van der Waals surface area contributed by atoms with E-state index in [0.717, 1.165) is 10.4 Å². The van der Waals surface area contributed by atoms with E-state index in [1.165, 1.54) is 56.4 Å². The van der Waals surface area contributed by atoms with Crippen molar-refractivity contribution in [2.24, 2.45) is 0 Å².